The van der Waals surface area contributed by atoms with Crippen LogP contribution in [-0.4, -0.2) is 45.4 Å². The molecule has 104 valence electrons. The molecule has 1 unspecified atom stereocenters. The minimum atomic E-state index is 0.173. The van der Waals surface area contributed by atoms with E-state index in [1.807, 2.05) is 0 Å². The Labute approximate surface area is 115 Å². The van der Waals surface area contributed by atoms with Crippen LogP contribution < -0.4 is 15.5 Å². The number of rotatable bonds is 3. The summed E-state index contributed by atoms with van der Waals surface area (Å²) < 4.78 is 5.61. The zero-order valence-corrected chi connectivity index (χ0v) is 11.4. The van der Waals surface area contributed by atoms with Crippen LogP contribution >= 0.6 is 0 Å². The van der Waals surface area contributed by atoms with Crippen molar-refractivity contribution in [3.8, 4) is 0 Å². The van der Waals surface area contributed by atoms with Crippen LogP contribution in [0.5, 0.6) is 0 Å². The van der Waals surface area contributed by atoms with E-state index in [0.717, 1.165) is 19.7 Å². The van der Waals surface area contributed by atoms with Gasteiger partial charge in [0, 0.05) is 44.1 Å². The molecule has 1 aromatic carbocycles. The van der Waals surface area contributed by atoms with E-state index in [4.69, 9.17) is 10.5 Å². The fourth-order valence-corrected chi connectivity index (χ4v) is 2.95. The summed E-state index contributed by atoms with van der Waals surface area (Å²) in [4.78, 5) is 4.83. The Morgan fingerprint density at radius 2 is 1.63 bits per heavy atom. The highest BCUT2D eigenvalue weighted by Crippen LogP contribution is 2.24. The largest absolute Gasteiger partial charge is 0.373 e. The first-order chi connectivity index (χ1) is 9.36. The zero-order chi connectivity index (χ0) is 13.1. The van der Waals surface area contributed by atoms with Crippen LogP contribution in [0.1, 0.15) is 12.8 Å². The van der Waals surface area contributed by atoms with Gasteiger partial charge in [-0.3, -0.25) is 0 Å². The van der Waals surface area contributed by atoms with Gasteiger partial charge in [0.1, 0.15) is 0 Å². The van der Waals surface area contributed by atoms with Crippen molar-refractivity contribution in [3.63, 3.8) is 0 Å². The van der Waals surface area contributed by atoms with E-state index in [1.165, 1.54) is 37.3 Å². The summed E-state index contributed by atoms with van der Waals surface area (Å²) in [6.45, 7) is 5.63. The molecule has 4 heteroatoms. The number of benzene rings is 1. The van der Waals surface area contributed by atoms with Gasteiger partial charge < -0.3 is 20.3 Å². The molecule has 0 spiro atoms. The second kappa shape index (κ2) is 5.80. The van der Waals surface area contributed by atoms with Crippen LogP contribution in [0.4, 0.5) is 11.4 Å². The average Bonchev–Trinajstić information content (AvgIpc) is 3.02. The second-order valence-corrected chi connectivity index (χ2v) is 5.39. The minimum absolute atomic E-state index is 0.173. The third-order valence-electron chi connectivity index (χ3n) is 4.09. The van der Waals surface area contributed by atoms with Crippen molar-refractivity contribution >= 4 is 11.4 Å². The molecule has 0 saturated carbocycles. The Morgan fingerprint density at radius 1 is 1.00 bits per heavy atom. The predicted molar refractivity (Wildman–Crippen MR) is 78.9 cm³/mol. The molecule has 1 atom stereocenters. The number of nitrogens with two attached hydrogens (primary N) is 1. The lowest BCUT2D eigenvalue weighted by Gasteiger charge is -2.34. The summed E-state index contributed by atoms with van der Waals surface area (Å²) in [6, 6.07) is 8.94. The molecule has 0 radical (unpaired) electrons. The van der Waals surface area contributed by atoms with Crippen molar-refractivity contribution in [2.45, 2.75) is 18.9 Å². The minimum Gasteiger partial charge on any atom is -0.373 e. The lowest BCUT2D eigenvalue weighted by atomic mass is 10.2. The van der Waals surface area contributed by atoms with Crippen LogP contribution in [0.25, 0.3) is 0 Å². The van der Waals surface area contributed by atoms with Crippen molar-refractivity contribution in [2.75, 3.05) is 49.1 Å². The molecule has 2 N–H and O–H groups in total. The van der Waals surface area contributed by atoms with Crippen LogP contribution in [-0.2, 0) is 4.74 Å². The Bertz CT molecular complexity index is 400. The summed E-state index contributed by atoms with van der Waals surface area (Å²) in [5.41, 5.74) is 8.33. The molecular weight excluding hydrogens is 238 g/mol. The average molecular weight is 261 g/mol. The quantitative estimate of drug-likeness (QED) is 0.894. The lowest BCUT2D eigenvalue weighted by molar-refractivity contribution is 0.0466. The SMILES string of the molecule is NCC1CN(c2ccc(N3CCCC3)cc2)CCO1. The van der Waals surface area contributed by atoms with Gasteiger partial charge in [-0.25, -0.2) is 0 Å². The molecule has 0 amide bonds. The van der Waals surface area contributed by atoms with Gasteiger partial charge in [0.05, 0.1) is 12.7 Å². The Morgan fingerprint density at radius 3 is 2.26 bits per heavy atom. The summed E-state index contributed by atoms with van der Waals surface area (Å²) in [5.74, 6) is 0. The maximum Gasteiger partial charge on any atom is 0.0872 e. The van der Waals surface area contributed by atoms with Gasteiger partial charge in [-0.05, 0) is 37.1 Å². The number of hydrogen-bond donors (Lipinski definition) is 1. The molecule has 3 rings (SSSR count). The van der Waals surface area contributed by atoms with Crippen molar-refractivity contribution in [3.05, 3.63) is 24.3 Å². The Hall–Kier alpha value is -1.26. The van der Waals surface area contributed by atoms with E-state index >= 15 is 0 Å². The number of hydrogen-bond acceptors (Lipinski definition) is 4. The van der Waals surface area contributed by atoms with Gasteiger partial charge in [0.15, 0.2) is 0 Å². The van der Waals surface area contributed by atoms with Crippen molar-refractivity contribution < 1.29 is 4.74 Å². The van der Waals surface area contributed by atoms with Gasteiger partial charge in [-0.1, -0.05) is 0 Å². The smallest absolute Gasteiger partial charge is 0.0872 e. The van der Waals surface area contributed by atoms with Crippen molar-refractivity contribution in [1.82, 2.24) is 0 Å². The van der Waals surface area contributed by atoms with Gasteiger partial charge in [-0.15, -0.1) is 0 Å². The molecule has 0 bridgehead atoms. The highest BCUT2D eigenvalue weighted by molar-refractivity contribution is 5.57. The van der Waals surface area contributed by atoms with Gasteiger partial charge in [-0.2, -0.15) is 0 Å². The summed E-state index contributed by atoms with van der Waals surface area (Å²) in [6.07, 6.45) is 2.82. The van der Waals surface area contributed by atoms with Crippen LogP contribution in [0.2, 0.25) is 0 Å². The normalized spacial score (nSPS) is 23.9. The third kappa shape index (κ3) is 2.85. The molecule has 0 aliphatic carbocycles. The molecule has 0 aromatic heterocycles. The van der Waals surface area contributed by atoms with E-state index in [9.17, 15) is 0 Å². The molecule has 2 aliphatic heterocycles. The first kappa shape index (κ1) is 12.8. The number of morpholine rings is 1. The molecule has 19 heavy (non-hydrogen) atoms. The van der Waals surface area contributed by atoms with Crippen molar-refractivity contribution in [2.24, 2.45) is 5.73 Å². The maximum atomic E-state index is 5.69. The monoisotopic (exact) mass is 261 g/mol. The molecule has 2 saturated heterocycles. The zero-order valence-electron chi connectivity index (χ0n) is 11.4. The van der Waals surface area contributed by atoms with E-state index in [0.29, 0.717) is 6.54 Å². The third-order valence-corrected chi connectivity index (χ3v) is 4.09. The predicted octanol–water partition coefficient (Wildman–Crippen LogP) is 1.45. The number of nitrogens with zero attached hydrogens (tertiary/aromatic N) is 2. The maximum absolute atomic E-state index is 5.69. The standard InChI is InChI=1S/C15H23N3O/c16-11-15-12-18(9-10-19-15)14-5-3-13(4-6-14)17-7-1-2-8-17/h3-6,15H,1-2,7-12,16H2. The number of anilines is 2. The van der Waals surface area contributed by atoms with Crippen LogP contribution in [0.3, 0.4) is 0 Å². The van der Waals surface area contributed by atoms with Gasteiger partial charge in [0.2, 0.25) is 0 Å². The first-order valence-corrected chi connectivity index (χ1v) is 7.28. The fourth-order valence-electron chi connectivity index (χ4n) is 2.95. The highest BCUT2D eigenvalue weighted by atomic mass is 16.5. The number of ether oxygens (including phenoxy) is 1. The molecule has 4 nitrogen and oxygen atoms in total. The Kier molecular flexibility index (Phi) is 3.89. The molecule has 2 aliphatic rings. The molecular formula is C15H23N3O. The fraction of sp³-hybridized carbons (Fsp3) is 0.600. The van der Waals surface area contributed by atoms with Gasteiger partial charge in [0.25, 0.3) is 0 Å². The van der Waals surface area contributed by atoms with E-state index < -0.39 is 0 Å². The van der Waals surface area contributed by atoms with Crippen LogP contribution in [0, 0.1) is 0 Å². The second-order valence-electron chi connectivity index (χ2n) is 5.39. The summed E-state index contributed by atoms with van der Waals surface area (Å²) in [7, 11) is 0. The molecule has 1 aromatic rings. The molecule has 2 fully saturated rings. The summed E-state index contributed by atoms with van der Waals surface area (Å²) >= 11 is 0. The van der Waals surface area contributed by atoms with E-state index in [1.54, 1.807) is 0 Å². The van der Waals surface area contributed by atoms with E-state index in [-0.39, 0.29) is 6.10 Å². The van der Waals surface area contributed by atoms with Crippen LogP contribution in [0.15, 0.2) is 24.3 Å². The summed E-state index contributed by atoms with van der Waals surface area (Å²) in [5, 5.41) is 0. The van der Waals surface area contributed by atoms with E-state index in [2.05, 4.69) is 34.1 Å². The molecule has 2 heterocycles. The highest BCUT2D eigenvalue weighted by Gasteiger charge is 2.19. The Balaban J connectivity index is 1.67. The lowest BCUT2D eigenvalue weighted by Crippen LogP contribution is -2.45. The first-order valence-electron chi connectivity index (χ1n) is 7.28. The topological polar surface area (TPSA) is 41.7 Å². The van der Waals surface area contributed by atoms with Gasteiger partial charge >= 0.3 is 0 Å². The van der Waals surface area contributed by atoms with Crippen molar-refractivity contribution in [1.29, 1.82) is 0 Å².